The maximum absolute atomic E-state index is 11.5. The standard InChI is InChI=1S/C12H20N2O3/c1-9(12(16)17-3)6-7-14(2)8-11(15)13-10-4-5-10/h6,10H,4-5,7-8H2,1-3H3,(H,13,15). The summed E-state index contributed by atoms with van der Waals surface area (Å²) in [6, 6.07) is 0.392. The highest BCUT2D eigenvalue weighted by Gasteiger charge is 2.23. The molecule has 1 amide bonds. The van der Waals surface area contributed by atoms with Crippen molar-refractivity contribution >= 4 is 11.9 Å². The van der Waals surface area contributed by atoms with E-state index in [-0.39, 0.29) is 11.9 Å². The molecule has 17 heavy (non-hydrogen) atoms. The van der Waals surface area contributed by atoms with Crippen LogP contribution < -0.4 is 5.32 Å². The van der Waals surface area contributed by atoms with Crippen molar-refractivity contribution in [2.75, 3.05) is 27.2 Å². The van der Waals surface area contributed by atoms with Crippen molar-refractivity contribution in [3.8, 4) is 0 Å². The number of hydrogen-bond acceptors (Lipinski definition) is 4. The van der Waals surface area contributed by atoms with Crippen LogP contribution in [0.25, 0.3) is 0 Å². The van der Waals surface area contributed by atoms with E-state index in [2.05, 4.69) is 10.1 Å². The molecule has 1 aliphatic carbocycles. The van der Waals surface area contributed by atoms with E-state index in [9.17, 15) is 9.59 Å². The second-order valence-electron chi connectivity index (χ2n) is 4.42. The number of carbonyl (C=O) groups is 2. The quantitative estimate of drug-likeness (QED) is 0.536. The van der Waals surface area contributed by atoms with E-state index >= 15 is 0 Å². The van der Waals surface area contributed by atoms with Crippen LogP contribution in [0.4, 0.5) is 0 Å². The summed E-state index contributed by atoms with van der Waals surface area (Å²) in [5.41, 5.74) is 0.557. The lowest BCUT2D eigenvalue weighted by Crippen LogP contribution is -2.36. The molecule has 0 aliphatic heterocycles. The number of hydrogen-bond donors (Lipinski definition) is 1. The van der Waals surface area contributed by atoms with Gasteiger partial charge in [0.1, 0.15) is 0 Å². The van der Waals surface area contributed by atoms with E-state index in [1.54, 1.807) is 13.0 Å². The predicted octanol–water partition coefficient (Wildman–Crippen LogP) is 0.316. The van der Waals surface area contributed by atoms with E-state index in [1.807, 2.05) is 11.9 Å². The molecule has 0 bridgehead atoms. The number of amides is 1. The molecule has 1 saturated carbocycles. The Balaban J connectivity index is 2.25. The van der Waals surface area contributed by atoms with Crippen molar-refractivity contribution in [2.24, 2.45) is 0 Å². The van der Waals surface area contributed by atoms with Crippen LogP contribution in [0.15, 0.2) is 11.6 Å². The Morgan fingerprint density at radius 2 is 2.12 bits per heavy atom. The molecular weight excluding hydrogens is 220 g/mol. The SMILES string of the molecule is COC(=O)C(C)=CCN(C)CC(=O)NC1CC1. The van der Waals surface area contributed by atoms with Crippen LogP contribution in [0.2, 0.25) is 0 Å². The highest BCUT2D eigenvalue weighted by Crippen LogP contribution is 2.18. The average Bonchev–Trinajstić information content (AvgIpc) is 3.08. The number of nitrogens with one attached hydrogen (secondary N) is 1. The fourth-order valence-corrected chi connectivity index (χ4v) is 1.35. The molecular formula is C12H20N2O3. The number of ether oxygens (including phenoxy) is 1. The van der Waals surface area contributed by atoms with Crippen LogP contribution in [0, 0.1) is 0 Å². The molecule has 1 fully saturated rings. The Kier molecular flexibility index (Phi) is 5.15. The highest BCUT2D eigenvalue weighted by molar-refractivity contribution is 5.87. The zero-order valence-corrected chi connectivity index (χ0v) is 10.7. The zero-order chi connectivity index (χ0) is 12.8. The van der Waals surface area contributed by atoms with Gasteiger partial charge in [-0.05, 0) is 26.8 Å². The van der Waals surface area contributed by atoms with Crippen molar-refractivity contribution in [3.63, 3.8) is 0 Å². The number of esters is 1. The Morgan fingerprint density at radius 3 is 2.65 bits per heavy atom. The van der Waals surface area contributed by atoms with E-state index in [4.69, 9.17) is 0 Å². The maximum atomic E-state index is 11.5. The molecule has 0 spiro atoms. The topological polar surface area (TPSA) is 58.6 Å². The summed E-state index contributed by atoms with van der Waals surface area (Å²) in [5.74, 6) is -0.292. The summed E-state index contributed by atoms with van der Waals surface area (Å²) >= 11 is 0. The first-order chi connectivity index (χ1) is 8.02. The van der Waals surface area contributed by atoms with Gasteiger partial charge in [0.2, 0.25) is 5.91 Å². The molecule has 0 aromatic heterocycles. The molecule has 1 N–H and O–H groups in total. The summed E-state index contributed by atoms with van der Waals surface area (Å²) < 4.78 is 4.58. The summed E-state index contributed by atoms with van der Waals surface area (Å²) in [5, 5.41) is 2.91. The molecule has 0 aromatic rings. The van der Waals surface area contributed by atoms with Gasteiger partial charge >= 0.3 is 5.97 Å². The lowest BCUT2D eigenvalue weighted by molar-refractivity contribution is -0.136. The first kappa shape index (κ1) is 13.7. The Hall–Kier alpha value is -1.36. The van der Waals surface area contributed by atoms with Gasteiger partial charge < -0.3 is 10.1 Å². The van der Waals surface area contributed by atoms with E-state index < -0.39 is 0 Å². The van der Waals surface area contributed by atoms with E-state index in [1.165, 1.54) is 7.11 Å². The van der Waals surface area contributed by atoms with Crippen LogP contribution in [-0.2, 0) is 14.3 Å². The molecule has 5 nitrogen and oxygen atoms in total. The molecule has 0 saturated heterocycles. The first-order valence-corrected chi connectivity index (χ1v) is 5.76. The summed E-state index contributed by atoms with van der Waals surface area (Å²) in [4.78, 5) is 24.4. The van der Waals surface area contributed by atoms with Crippen LogP contribution in [0.5, 0.6) is 0 Å². The second-order valence-corrected chi connectivity index (χ2v) is 4.42. The maximum Gasteiger partial charge on any atom is 0.333 e. The van der Waals surface area contributed by atoms with Crippen LogP contribution in [0.3, 0.4) is 0 Å². The minimum Gasteiger partial charge on any atom is -0.466 e. The smallest absolute Gasteiger partial charge is 0.333 e. The van der Waals surface area contributed by atoms with Crippen LogP contribution in [-0.4, -0.2) is 50.1 Å². The monoisotopic (exact) mass is 240 g/mol. The minimum atomic E-state index is -0.333. The third kappa shape index (κ3) is 5.49. The summed E-state index contributed by atoms with van der Waals surface area (Å²) in [7, 11) is 3.19. The molecule has 5 heteroatoms. The van der Waals surface area contributed by atoms with E-state index in [0.29, 0.717) is 24.7 Å². The van der Waals surface area contributed by atoms with Gasteiger partial charge in [-0.15, -0.1) is 0 Å². The molecule has 0 aromatic carbocycles. The lowest BCUT2D eigenvalue weighted by atomic mass is 10.3. The largest absolute Gasteiger partial charge is 0.466 e. The average molecular weight is 240 g/mol. The second kappa shape index (κ2) is 6.39. The molecule has 0 radical (unpaired) electrons. The van der Waals surface area contributed by atoms with Crippen molar-refractivity contribution in [1.82, 2.24) is 10.2 Å². The van der Waals surface area contributed by atoms with Gasteiger partial charge in [-0.25, -0.2) is 4.79 Å². The Morgan fingerprint density at radius 1 is 1.47 bits per heavy atom. The third-order valence-electron chi connectivity index (χ3n) is 2.57. The Labute approximate surface area is 102 Å². The summed E-state index contributed by atoms with van der Waals surface area (Å²) in [6.07, 6.45) is 3.95. The van der Waals surface area contributed by atoms with Crippen molar-refractivity contribution in [1.29, 1.82) is 0 Å². The van der Waals surface area contributed by atoms with Crippen molar-refractivity contribution in [2.45, 2.75) is 25.8 Å². The number of carbonyl (C=O) groups excluding carboxylic acids is 2. The third-order valence-corrected chi connectivity index (χ3v) is 2.57. The molecule has 1 rings (SSSR count). The Bertz CT molecular complexity index is 322. The highest BCUT2D eigenvalue weighted by atomic mass is 16.5. The van der Waals surface area contributed by atoms with Crippen LogP contribution >= 0.6 is 0 Å². The molecule has 96 valence electrons. The molecule has 0 atom stereocenters. The van der Waals surface area contributed by atoms with Gasteiger partial charge in [0.05, 0.1) is 13.7 Å². The van der Waals surface area contributed by atoms with Gasteiger partial charge in [0.15, 0.2) is 0 Å². The number of rotatable bonds is 6. The first-order valence-electron chi connectivity index (χ1n) is 5.76. The lowest BCUT2D eigenvalue weighted by Gasteiger charge is -2.14. The minimum absolute atomic E-state index is 0.0409. The van der Waals surface area contributed by atoms with Gasteiger partial charge in [-0.1, -0.05) is 6.08 Å². The van der Waals surface area contributed by atoms with Crippen molar-refractivity contribution in [3.05, 3.63) is 11.6 Å². The molecule has 0 unspecified atom stereocenters. The fraction of sp³-hybridized carbons (Fsp3) is 0.667. The fourth-order valence-electron chi connectivity index (χ4n) is 1.35. The number of nitrogens with zero attached hydrogens (tertiary/aromatic N) is 1. The van der Waals surface area contributed by atoms with Gasteiger partial charge in [-0.3, -0.25) is 9.69 Å². The summed E-state index contributed by atoms with van der Waals surface area (Å²) in [6.45, 7) is 2.60. The molecule has 1 aliphatic rings. The number of likely N-dealkylation sites (N-methyl/N-ethyl adjacent to an activating group) is 1. The van der Waals surface area contributed by atoms with Crippen LogP contribution in [0.1, 0.15) is 19.8 Å². The molecule has 0 heterocycles. The van der Waals surface area contributed by atoms with Gasteiger partial charge in [0, 0.05) is 18.2 Å². The predicted molar refractivity (Wildman–Crippen MR) is 64.4 cm³/mol. The number of methoxy groups -OCH3 is 1. The van der Waals surface area contributed by atoms with Gasteiger partial charge in [-0.2, -0.15) is 0 Å². The van der Waals surface area contributed by atoms with E-state index in [0.717, 1.165) is 12.8 Å². The normalized spacial score (nSPS) is 15.9. The van der Waals surface area contributed by atoms with Crippen molar-refractivity contribution < 1.29 is 14.3 Å². The van der Waals surface area contributed by atoms with Gasteiger partial charge in [0.25, 0.3) is 0 Å². The zero-order valence-electron chi connectivity index (χ0n) is 10.7.